The van der Waals surface area contributed by atoms with Gasteiger partial charge in [0.25, 0.3) is 0 Å². The van der Waals surface area contributed by atoms with Crippen LogP contribution in [0.2, 0.25) is 0 Å². The minimum atomic E-state index is -1.67. The maximum absolute atomic E-state index is 14.7. The van der Waals surface area contributed by atoms with Crippen LogP contribution in [0.25, 0.3) is 10.9 Å². The van der Waals surface area contributed by atoms with E-state index in [-0.39, 0.29) is 95.8 Å². The highest BCUT2D eigenvalue weighted by molar-refractivity contribution is 5.99. The zero-order chi connectivity index (χ0) is 55.9. The van der Waals surface area contributed by atoms with E-state index < -0.39 is 102 Å². The molecular formula is C50H69N17O10. The third-order valence-corrected chi connectivity index (χ3v) is 12.4. The quantitative estimate of drug-likeness (QED) is 0.0272. The molecule has 3 heterocycles. The molecule has 7 unspecified atom stereocenters. The second kappa shape index (κ2) is 29.7. The highest BCUT2D eigenvalue weighted by Crippen LogP contribution is 2.20. The second-order valence-electron chi connectivity index (χ2n) is 18.4. The van der Waals surface area contributed by atoms with Crippen molar-refractivity contribution in [2.45, 2.75) is 120 Å². The molecule has 2 aromatic carbocycles. The lowest BCUT2D eigenvalue weighted by atomic mass is 10.0. The Kier molecular flexibility index (Phi) is 22.7. The van der Waals surface area contributed by atoms with Crippen molar-refractivity contribution in [3.05, 3.63) is 90.1 Å². The van der Waals surface area contributed by atoms with Crippen LogP contribution in [-0.4, -0.2) is 147 Å². The number of rotatable bonds is 18. The van der Waals surface area contributed by atoms with Crippen LogP contribution in [0.1, 0.15) is 75.1 Å². The number of nitrogens with zero attached hydrogens (tertiary/aromatic N) is 3. The van der Waals surface area contributed by atoms with E-state index in [0.717, 1.165) is 10.9 Å². The summed E-state index contributed by atoms with van der Waals surface area (Å²) in [7, 11) is 0. The van der Waals surface area contributed by atoms with Gasteiger partial charge in [0.2, 0.25) is 47.3 Å². The van der Waals surface area contributed by atoms with Crippen LogP contribution in [-0.2, 0) is 62.4 Å². The zero-order valence-corrected chi connectivity index (χ0v) is 42.6. The van der Waals surface area contributed by atoms with Crippen molar-refractivity contribution in [1.82, 2.24) is 57.5 Å². The van der Waals surface area contributed by atoms with E-state index in [4.69, 9.17) is 22.9 Å². The van der Waals surface area contributed by atoms with Crippen molar-refractivity contribution in [2.75, 3.05) is 19.6 Å². The smallest absolute Gasteiger partial charge is 0.326 e. The first-order valence-corrected chi connectivity index (χ1v) is 25.1. The van der Waals surface area contributed by atoms with E-state index in [0.29, 0.717) is 16.8 Å². The number of aliphatic imine (C=N–C) groups is 2. The Morgan fingerprint density at radius 2 is 1.34 bits per heavy atom. The van der Waals surface area contributed by atoms with E-state index in [1.165, 1.54) is 19.4 Å². The molecule has 1 saturated heterocycles. The standard InChI is InChI=1S/C50H69N17O10/c1-28(68)61-34(16-9-19-57-49(51)52)42(70)67-40-24-41(69)56-18-8-7-15-36(48(76)77)63-45(73)38(22-30-25-59-33-14-6-5-13-32(30)33)65-43(71)35(17-10-20-58-50(53)54)62-44(72)37(21-29-11-3-2-4-12-29)64-46(74)39(66-47(40)75)23-31-26-55-27-60-31/h2-6,11-14,25-27,34-40,59H,7-10,15-24H2,1H3,(H,55,60)(H,56,69)(H,61,68)(H,62,72)(H,63,73)(H,64,74)(H,65,71)(H,66,75)(H,67,70)(H,76,77)(H4,51,52,57)(H4,53,54,58). The van der Waals surface area contributed by atoms with Gasteiger partial charge >= 0.3 is 5.97 Å². The number of imidazole rings is 1. The molecule has 0 radical (unpaired) electrons. The number of aromatic amines is 2. The van der Waals surface area contributed by atoms with Crippen molar-refractivity contribution in [3.63, 3.8) is 0 Å². The van der Waals surface area contributed by atoms with Crippen LogP contribution in [0.4, 0.5) is 0 Å². The molecule has 8 amide bonds. The molecular weight excluding hydrogens is 999 g/mol. The summed E-state index contributed by atoms with van der Waals surface area (Å²) in [5.41, 5.74) is 24.3. The molecule has 5 rings (SSSR count). The van der Waals surface area contributed by atoms with Gasteiger partial charge in [-0.05, 0) is 62.1 Å². The number of nitrogens with one attached hydrogen (secondary N) is 10. The fraction of sp³-hybridized carbons (Fsp3) is 0.440. The van der Waals surface area contributed by atoms with Gasteiger partial charge in [-0.15, -0.1) is 0 Å². The monoisotopic (exact) mass is 1070 g/mol. The summed E-state index contributed by atoms with van der Waals surface area (Å²) in [6.07, 6.45) is 3.79. The summed E-state index contributed by atoms with van der Waals surface area (Å²) in [5.74, 6) is -8.37. The molecule has 27 nitrogen and oxygen atoms in total. The highest BCUT2D eigenvalue weighted by atomic mass is 16.4. The fourth-order valence-corrected chi connectivity index (χ4v) is 8.46. The summed E-state index contributed by atoms with van der Waals surface area (Å²) >= 11 is 0. The first-order chi connectivity index (χ1) is 36.9. The Morgan fingerprint density at radius 3 is 2.00 bits per heavy atom. The van der Waals surface area contributed by atoms with Gasteiger partial charge in [-0.1, -0.05) is 48.5 Å². The lowest BCUT2D eigenvalue weighted by Crippen LogP contribution is -2.61. The Morgan fingerprint density at radius 1 is 0.727 bits per heavy atom. The Labute approximate surface area is 443 Å². The number of carboxylic acids is 1. The number of H-pyrrole nitrogens is 2. The van der Waals surface area contributed by atoms with E-state index in [2.05, 4.69) is 67.5 Å². The topological polar surface area (TPSA) is 443 Å². The molecule has 1 fully saturated rings. The van der Waals surface area contributed by atoms with Gasteiger partial charge in [-0.3, -0.25) is 48.3 Å². The largest absolute Gasteiger partial charge is 0.480 e. The minimum absolute atomic E-state index is 0.0137. The number of para-hydroxylation sites is 1. The molecule has 77 heavy (non-hydrogen) atoms. The number of nitrogens with two attached hydrogens (primary N) is 4. The van der Waals surface area contributed by atoms with Crippen LogP contribution < -0.4 is 65.5 Å². The van der Waals surface area contributed by atoms with Gasteiger partial charge in [-0.2, -0.15) is 0 Å². The van der Waals surface area contributed by atoms with Gasteiger partial charge in [0.1, 0.15) is 42.3 Å². The predicted octanol–water partition coefficient (Wildman–Crippen LogP) is -2.79. The number of aromatic nitrogens is 3. The molecule has 0 spiro atoms. The molecule has 0 aliphatic carbocycles. The molecule has 27 heteroatoms. The number of hydrogen-bond acceptors (Lipinski definition) is 12. The molecule has 1 aliphatic heterocycles. The van der Waals surface area contributed by atoms with E-state index in [1.54, 1.807) is 42.6 Å². The lowest BCUT2D eigenvalue weighted by molar-refractivity contribution is -0.142. The van der Waals surface area contributed by atoms with Crippen molar-refractivity contribution in [2.24, 2.45) is 32.9 Å². The highest BCUT2D eigenvalue weighted by Gasteiger charge is 2.35. The third-order valence-electron chi connectivity index (χ3n) is 12.4. The Balaban J connectivity index is 1.55. The van der Waals surface area contributed by atoms with Crippen LogP contribution in [0.5, 0.6) is 0 Å². The predicted molar refractivity (Wildman–Crippen MR) is 283 cm³/mol. The number of aliphatic carboxylic acids is 1. The third kappa shape index (κ3) is 19.6. The Hall–Kier alpha value is -9.04. The van der Waals surface area contributed by atoms with Gasteiger partial charge in [0.05, 0.1) is 12.7 Å². The molecule has 7 atom stereocenters. The molecule has 0 bridgehead atoms. The number of guanidine groups is 2. The van der Waals surface area contributed by atoms with Gasteiger partial charge in [0.15, 0.2) is 11.9 Å². The molecule has 1 aliphatic rings. The summed E-state index contributed by atoms with van der Waals surface area (Å²) in [6.45, 7) is 1.30. The summed E-state index contributed by atoms with van der Waals surface area (Å²) in [6, 6.07) is 5.77. The number of amides is 8. The first-order valence-electron chi connectivity index (χ1n) is 25.1. The normalized spacial score (nSPS) is 20.8. The van der Waals surface area contributed by atoms with Crippen LogP contribution in [0, 0.1) is 0 Å². The van der Waals surface area contributed by atoms with Gasteiger partial charge in [0, 0.05) is 74.8 Å². The van der Waals surface area contributed by atoms with Crippen LogP contribution in [0.15, 0.2) is 83.3 Å². The van der Waals surface area contributed by atoms with E-state index in [9.17, 15) is 48.3 Å². The number of benzene rings is 2. The molecule has 414 valence electrons. The van der Waals surface area contributed by atoms with Crippen LogP contribution in [0.3, 0.4) is 0 Å². The number of carbonyl (C=O) groups excluding carboxylic acids is 8. The zero-order valence-electron chi connectivity index (χ0n) is 42.6. The number of carboxylic acid groups (broad SMARTS) is 1. The maximum atomic E-state index is 14.7. The number of fused-ring (bicyclic) bond motifs is 1. The molecule has 19 N–H and O–H groups in total. The minimum Gasteiger partial charge on any atom is -0.480 e. The van der Waals surface area contributed by atoms with Crippen molar-refractivity contribution in [3.8, 4) is 0 Å². The fourth-order valence-electron chi connectivity index (χ4n) is 8.46. The SMILES string of the molecule is CC(=O)NC(CCCN=C(N)N)C(=O)NC1CC(=O)NCCCCC(C(=O)O)NC(=O)C(Cc2c[nH]c3ccccc23)NC(=O)C(CCCN=C(N)N)NC(=O)C(Cc2ccccc2)NC(=O)C(Cc2cnc[nH]2)NC1=O. The maximum Gasteiger partial charge on any atom is 0.326 e. The summed E-state index contributed by atoms with van der Waals surface area (Å²) < 4.78 is 0. The average molecular weight is 1070 g/mol. The molecule has 4 aromatic rings. The van der Waals surface area contributed by atoms with Gasteiger partial charge in [-0.25, -0.2) is 9.78 Å². The lowest BCUT2D eigenvalue weighted by Gasteiger charge is -2.28. The van der Waals surface area contributed by atoms with Crippen molar-refractivity contribution < 1.29 is 48.3 Å². The average Bonchev–Trinajstić information content (AvgIpc) is 4.07. The second-order valence-corrected chi connectivity index (χ2v) is 18.4. The van der Waals surface area contributed by atoms with E-state index in [1.807, 2.05) is 18.2 Å². The van der Waals surface area contributed by atoms with Crippen LogP contribution >= 0.6 is 0 Å². The molecule has 0 saturated carbocycles. The summed E-state index contributed by atoms with van der Waals surface area (Å²) in [5, 5.41) is 32.2. The summed E-state index contributed by atoms with van der Waals surface area (Å²) in [4.78, 5) is 143. The van der Waals surface area contributed by atoms with Gasteiger partial charge < -0.3 is 80.5 Å². The van der Waals surface area contributed by atoms with Crippen molar-refractivity contribution >= 4 is 76.0 Å². The van der Waals surface area contributed by atoms with E-state index >= 15 is 0 Å². The number of carbonyl (C=O) groups is 9. The van der Waals surface area contributed by atoms with Crippen molar-refractivity contribution in [1.29, 1.82) is 0 Å². The molecule has 2 aromatic heterocycles. The number of hydrogen-bond donors (Lipinski definition) is 15. The first kappa shape index (κ1) is 58.8. The Bertz CT molecular complexity index is 2720.